The smallest absolute Gasteiger partial charge is 0.354 e. The fourth-order valence-electron chi connectivity index (χ4n) is 3.94. The van der Waals surface area contributed by atoms with E-state index >= 15 is 0 Å². The summed E-state index contributed by atoms with van der Waals surface area (Å²) in [5.41, 5.74) is 0.0414. The van der Waals surface area contributed by atoms with Crippen LogP contribution in [-0.4, -0.2) is 33.1 Å². The van der Waals surface area contributed by atoms with Gasteiger partial charge in [0.25, 0.3) is 10.0 Å². The topological polar surface area (TPSA) is 112 Å². The monoisotopic (exact) mass is 497 g/mol. The first-order valence-electron chi connectivity index (χ1n) is 10.0. The quantitative estimate of drug-likeness (QED) is 0.574. The summed E-state index contributed by atoms with van der Waals surface area (Å²) in [6.45, 7) is 0.104. The summed E-state index contributed by atoms with van der Waals surface area (Å²) in [6.07, 6.45) is 0. The van der Waals surface area contributed by atoms with Gasteiger partial charge in [0.05, 0.1) is 15.5 Å². The Hall–Kier alpha value is -3.83. The number of thioether (sulfide) groups is 1. The summed E-state index contributed by atoms with van der Waals surface area (Å²) in [5, 5.41) is 10.2. The molecule has 3 aromatic carbocycles. The van der Waals surface area contributed by atoms with E-state index in [4.69, 9.17) is 18.9 Å². The molecule has 11 heteroatoms. The van der Waals surface area contributed by atoms with Crippen LogP contribution in [-0.2, 0) is 14.8 Å². The second-order valence-corrected chi connectivity index (χ2v) is 10.2. The van der Waals surface area contributed by atoms with E-state index in [1.807, 2.05) is 0 Å². The lowest BCUT2D eigenvalue weighted by molar-refractivity contribution is -0.132. The second kappa shape index (κ2) is 7.61. The van der Waals surface area contributed by atoms with Gasteiger partial charge in [0.1, 0.15) is 0 Å². The number of carbonyl (C=O) groups is 1. The van der Waals surface area contributed by atoms with Crippen molar-refractivity contribution in [1.82, 2.24) is 0 Å². The minimum Gasteiger partial charge on any atom is -0.477 e. The van der Waals surface area contributed by atoms with Crippen molar-refractivity contribution in [3.05, 3.63) is 71.9 Å². The molecule has 0 bridgehead atoms. The second-order valence-electron chi connectivity index (χ2n) is 7.40. The lowest BCUT2D eigenvalue weighted by Gasteiger charge is -2.32. The van der Waals surface area contributed by atoms with E-state index in [9.17, 15) is 18.3 Å². The lowest BCUT2D eigenvalue weighted by Crippen LogP contribution is -2.37. The zero-order valence-electron chi connectivity index (χ0n) is 17.3. The summed E-state index contributed by atoms with van der Waals surface area (Å²) in [4.78, 5) is 13.5. The van der Waals surface area contributed by atoms with Crippen LogP contribution in [0.3, 0.4) is 0 Å². The number of aliphatic carboxylic acids is 1. The molecule has 9 nitrogen and oxygen atoms in total. The van der Waals surface area contributed by atoms with Crippen molar-refractivity contribution < 1.29 is 37.3 Å². The molecular formula is C23H15NO8S2. The van der Waals surface area contributed by atoms with Crippen LogP contribution in [0.4, 0.5) is 5.69 Å². The van der Waals surface area contributed by atoms with Gasteiger partial charge in [0.15, 0.2) is 28.7 Å². The molecule has 3 aromatic rings. The van der Waals surface area contributed by atoms with Crippen LogP contribution in [0.15, 0.2) is 76.2 Å². The molecule has 0 aromatic heterocycles. The molecule has 3 aliphatic heterocycles. The average molecular weight is 498 g/mol. The SMILES string of the molecule is O=C(O)C1=C(Sc2ccc3c(c2)OCO3)c2ccccc2S(=O)(=O)N1c1ccc2c(c1)OCO2. The number of carboxylic acid groups (broad SMARTS) is 1. The van der Waals surface area contributed by atoms with Crippen molar-refractivity contribution in [2.75, 3.05) is 17.9 Å². The Balaban J connectivity index is 1.57. The molecule has 0 spiro atoms. The zero-order chi connectivity index (χ0) is 23.4. The van der Waals surface area contributed by atoms with Crippen molar-refractivity contribution in [1.29, 1.82) is 0 Å². The van der Waals surface area contributed by atoms with Crippen molar-refractivity contribution >= 4 is 38.3 Å². The Morgan fingerprint density at radius 2 is 1.50 bits per heavy atom. The van der Waals surface area contributed by atoms with E-state index in [-0.39, 0.29) is 34.8 Å². The minimum absolute atomic E-state index is 0.000843. The number of ether oxygens (including phenoxy) is 4. The van der Waals surface area contributed by atoms with Crippen LogP contribution in [0.5, 0.6) is 23.0 Å². The first-order valence-corrected chi connectivity index (χ1v) is 12.3. The van der Waals surface area contributed by atoms with Gasteiger partial charge in [0, 0.05) is 16.5 Å². The van der Waals surface area contributed by atoms with Gasteiger partial charge in [-0.2, -0.15) is 0 Å². The van der Waals surface area contributed by atoms with Gasteiger partial charge in [0.2, 0.25) is 13.6 Å². The maximum Gasteiger partial charge on any atom is 0.354 e. The van der Waals surface area contributed by atoms with Gasteiger partial charge in [-0.05, 0) is 36.4 Å². The number of rotatable bonds is 4. The number of hydrogen-bond donors (Lipinski definition) is 1. The lowest BCUT2D eigenvalue weighted by atomic mass is 10.1. The van der Waals surface area contributed by atoms with Crippen LogP contribution in [0, 0.1) is 0 Å². The highest BCUT2D eigenvalue weighted by Gasteiger charge is 2.41. The molecular weight excluding hydrogens is 482 g/mol. The third-order valence-electron chi connectivity index (χ3n) is 5.43. The molecule has 34 heavy (non-hydrogen) atoms. The molecule has 6 rings (SSSR count). The molecule has 0 aliphatic carbocycles. The van der Waals surface area contributed by atoms with Gasteiger partial charge < -0.3 is 24.1 Å². The van der Waals surface area contributed by atoms with E-state index < -0.39 is 16.0 Å². The standard InChI is InChI=1S/C23H15NO8S2/c25-23(26)21-22(33-14-6-8-17-19(10-14)32-12-30-17)15-3-1-2-4-20(15)34(27,28)24(21)13-5-7-16-18(9-13)31-11-29-16/h1-10H,11-12H2,(H,25,26). The normalized spacial score (nSPS) is 17.0. The molecule has 1 N–H and O–H groups in total. The van der Waals surface area contributed by atoms with E-state index in [0.717, 1.165) is 16.1 Å². The van der Waals surface area contributed by atoms with Crippen LogP contribution < -0.4 is 23.3 Å². The van der Waals surface area contributed by atoms with E-state index in [2.05, 4.69) is 0 Å². The highest BCUT2D eigenvalue weighted by molar-refractivity contribution is 8.08. The van der Waals surface area contributed by atoms with E-state index in [1.54, 1.807) is 42.5 Å². The average Bonchev–Trinajstić information content (AvgIpc) is 3.49. The summed E-state index contributed by atoms with van der Waals surface area (Å²) < 4.78 is 49.7. The molecule has 3 aliphatic rings. The third-order valence-corrected chi connectivity index (χ3v) is 8.32. The molecule has 0 radical (unpaired) electrons. The Morgan fingerprint density at radius 1 is 0.853 bits per heavy atom. The summed E-state index contributed by atoms with van der Waals surface area (Å²) in [6, 6.07) is 16.1. The number of anilines is 1. The fourth-order valence-corrected chi connectivity index (χ4v) is 6.86. The number of hydrogen-bond acceptors (Lipinski definition) is 8. The van der Waals surface area contributed by atoms with Crippen LogP contribution in [0.25, 0.3) is 4.91 Å². The minimum atomic E-state index is -4.24. The highest BCUT2D eigenvalue weighted by Crippen LogP contribution is 2.49. The number of fused-ring (bicyclic) bond motifs is 3. The number of nitrogens with zero attached hydrogens (tertiary/aromatic N) is 1. The summed E-state index contributed by atoms with van der Waals surface area (Å²) in [5.74, 6) is 0.520. The fraction of sp³-hybridized carbons (Fsp3) is 0.0870. The highest BCUT2D eigenvalue weighted by atomic mass is 32.2. The molecule has 3 heterocycles. The predicted molar refractivity (Wildman–Crippen MR) is 122 cm³/mol. The zero-order valence-corrected chi connectivity index (χ0v) is 18.9. The molecule has 0 unspecified atom stereocenters. The predicted octanol–water partition coefficient (Wildman–Crippen LogP) is 3.90. The van der Waals surface area contributed by atoms with Crippen molar-refractivity contribution in [3.63, 3.8) is 0 Å². The third kappa shape index (κ3) is 3.16. The van der Waals surface area contributed by atoms with Crippen molar-refractivity contribution in [2.45, 2.75) is 9.79 Å². The maximum absolute atomic E-state index is 13.7. The van der Waals surface area contributed by atoms with Gasteiger partial charge in [-0.25, -0.2) is 17.5 Å². The van der Waals surface area contributed by atoms with Gasteiger partial charge in [-0.1, -0.05) is 30.0 Å². The first-order chi connectivity index (χ1) is 16.4. The number of carboxylic acids is 1. The summed E-state index contributed by atoms with van der Waals surface area (Å²) >= 11 is 1.14. The number of sulfonamides is 1. The Bertz CT molecular complexity index is 1500. The van der Waals surface area contributed by atoms with E-state index in [1.165, 1.54) is 18.2 Å². The Labute approximate surface area is 198 Å². The molecule has 0 fully saturated rings. The molecule has 0 atom stereocenters. The summed E-state index contributed by atoms with van der Waals surface area (Å²) in [7, 11) is -4.24. The van der Waals surface area contributed by atoms with Gasteiger partial charge >= 0.3 is 5.97 Å². The largest absolute Gasteiger partial charge is 0.477 e. The van der Waals surface area contributed by atoms with Crippen LogP contribution in [0.1, 0.15) is 5.56 Å². The Kier molecular flexibility index (Phi) is 4.64. The molecule has 0 saturated carbocycles. The van der Waals surface area contributed by atoms with Gasteiger partial charge in [-0.15, -0.1) is 0 Å². The van der Waals surface area contributed by atoms with Crippen LogP contribution in [0.2, 0.25) is 0 Å². The van der Waals surface area contributed by atoms with Crippen molar-refractivity contribution in [2.24, 2.45) is 0 Å². The van der Waals surface area contributed by atoms with Gasteiger partial charge in [-0.3, -0.25) is 0 Å². The molecule has 172 valence electrons. The molecule has 0 amide bonds. The Morgan fingerprint density at radius 3 is 2.24 bits per heavy atom. The number of benzene rings is 3. The van der Waals surface area contributed by atoms with Crippen LogP contribution >= 0.6 is 11.8 Å². The molecule has 0 saturated heterocycles. The first kappa shape index (κ1) is 20.8. The van der Waals surface area contributed by atoms with E-state index in [0.29, 0.717) is 33.5 Å². The van der Waals surface area contributed by atoms with Crippen molar-refractivity contribution in [3.8, 4) is 23.0 Å². The maximum atomic E-state index is 13.7.